The van der Waals surface area contributed by atoms with E-state index in [-0.39, 0.29) is 5.92 Å². The Kier molecular flexibility index (Phi) is 7.10. The molecule has 0 bridgehead atoms. The zero-order valence-electron chi connectivity index (χ0n) is 22.5. The molecule has 0 radical (unpaired) electrons. The van der Waals surface area contributed by atoms with Gasteiger partial charge in [0.25, 0.3) is 0 Å². The molecule has 2 atom stereocenters. The Bertz CT molecular complexity index is 1460. The summed E-state index contributed by atoms with van der Waals surface area (Å²) in [6, 6.07) is 30.7. The van der Waals surface area contributed by atoms with E-state index < -0.39 is 0 Å². The molecule has 3 aromatic carbocycles. The molecule has 2 heterocycles. The molecule has 0 fully saturated rings. The SMILES string of the molecule is CC1=CC(C)NC(c2ccccc2[C@H](c2ccccc2-c2cc(C)c(-c3ccccc3)cn2)C(C)C)=C1. The number of nitrogens with zero attached hydrogens (tertiary/aromatic N) is 1. The van der Waals surface area contributed by atoms with Crippen molar-refractivity contribution in [2.75, 3.05) is 0 Å². The van der Waals surface area contributed by atoms with Gasteiger partial charge in [-0.15, -0.1) is 0 Å². The molecule has 4 aromatic rings. The van der Waals surface area contributed by atoms with Crippen LogP contribution < -0.4 is 5.32 Å². The average Bonchev–Trinajstić information content (AvgIpc) is 2.89. The zero-order valence-corrected chi connectivity index (χ0v) is 22.5. The van der Waals surface area contributed by atoms with Crippen LogP contribution in [0.25, 0.3) is 28.1 Å². The summed E-state index contributed by atoms with van der Waals surface area (Å²) >= 11 is 0. The molecule has 37 heavy (non-hydrogen) atoms. The first-order chi connectivity index (χ1) is 17.9. The fourth-order valence-corrected chi connectivity index (χ4v) is 5.68. The topological polar surface area (TPSA) is 24.9 Å². The minimum Gasteiger partial charge on any atom is -0.379 e. The molecule has 1 aromatic heterocycles. The van der Waals surface area contributed by atoms with Gasteiger partial charge in [0, 0.05) is 40.5 Å². The first kappa shape index (κ1) is 24.8. The Morgan fingerprint density at radius 3 is 2.03 bits per heavy atom. The van der Waals surface area contributed by atoms with E-state index in [0.717, 1.165) is 5.69 Å². The van der Waals surface area contributed by atoms with Crippen molar-refractivity contribution in [3.8, 4) is 22.4 Å². The maximum absolute atomic E-state index is 4.98. The fourth-order valence-electron chi connectivity index (χ4n) is 5.68. The minimum atomic E-state index is 0.229. The van der Waals surface area contributed by atoms with Gasteiger partial charge in [-0.2, -0.15) is 0 Å². The van der Waals surface area contributed by atoms with Gasteiger partial charge in [0.1, 0.15) is 0 Å². The number of hydrogen-bond acceptors (Lipinski definition) is 2. The van der Waals surface area contributed by atoms with E-state index in [4.69, 9.17) is 4.98 Å². The van der Waals surface area contributed by atoms with E-state index >= 15 is 0 Å². The fraction of sp³-hybridized carbons (Fsp3) is 0.229. The van der Waals surface area contributed by atoms with E-state index in [1.807, 2.05) is 6.20 Å². The van der Waals surface area contributed by atoms with Gasteiger partial charge in [-0.1, -0.05) is 104 Å². The highest BCUT2D eigenvalue weighted by molar-refractivity contribution is 5.75. The van der Waals surface area contributed by atoms with Gasteiger partial charge in [-0.3, -0.25) is 4.98 Å². The molecule has 0 saturated carbocycles. The largest absolute Gasteiger partial charge is 0.379 e. The van der Waals surface area contributed by atoms with Crippen LogP contribution >= 0.6 is 0 Å². The lowest BCUT2D eigenvalue weighted by atomic mass is 9.77. The summed E-state index contributed by atoms with van der Waals surface area (Å²) in [6.07, 6.45) is 6.58. The molecule has 1 N–H and O–H groups in total. The van der Waals surface area contributed by atoms with Crippen LogP contribution in [0, 0.1) is 12.8 Å². The summed E-state index contributed by atoms with van der Waals surface area (Å²) < 4.78 is 0. The second kappa shape index (κ2) is 10.6. The first-order valence-corrected chi connectivity index (χ1v) is 13.3. The van der Waals surface area contributed by atoms with Crippen LogP contribution in [0.15, 0.2) is 109 Å². The Labute approximate surface area is 221 Å². The third-order valence-corrected chi connectivity index (χ3v) is 7.29. The Balaban J connectivity index is 1.61. The molecule has 5 rings (SSSR count). The van der Waals surface area contributed by atoms with Crippen LogP contribution in [-0.2, 0) is 0 Å². The zero-order chi connectivity index (χ0) is 25.9. The van der Waals surface area contributed by atoms with Crippen LogP contribution in [0.3, 0.4) is 0 Å². The minimum absolute atomic E-state index is 0.229. The van der Waals surface area contributed by atoms with Crippen molar-refractivity contribution >= 4 is 5.70 Å². The molecule has 1 aliphatic heterocycles. The monoisotopic (exact) mass is 484 g/mol. The quantitative estimate of drug-likeness (QED) is 0.296. The van der Waals surface area contributed by atoms with Gasteiger partial charge in [0.2, 0.25) is 0 Å². The average molecular weight is 485 g/mol. The number of pyridine rings is 1. The van der Waals surface area contributed by atoms with Crippen molar-refractivity contribution in [2.24, 2.45) is 5.92 Å². The van der Waals surface area contributed by atoms with E-state index in [9.17, 15) is 0 Å². The third kappa shape index (κ3) is 5.15. The van der Waals surface area contributed by atoms with Crippen molar-refractivity contribution in [1.29, 1.82) is 0 Å². The summed E-state index contributed by atoms with van der Waals surface area (Å²) in [5.41, 5.74) is 12.3. The second-order valence-electron chi connectivity index (χ2n) is 10.5. The molecule has 2 heteroatoms. The van der Waals surface area contributed by atoms with Gasteiger partial charge < -0.3 is 5.32 Å². The van der Waals surface area contributed by atoms with Crippen LogP contribution in [0.2, 0.25) is 0 Å². The van der Waals surface area contributed by atoms with Crippen LogP contribution in [0.5, 0.6) is 0 Å². The van der Waals surface area contributed by atoms with Crippen LogP contribution in [0.4, 0.5) is 0 Å². The predicted octanol–water partition coefficient (Wildman–Crippen LogP) is 8.79. The summed E-state index contributed by atoms with van der Waals surface area (Å²) in [5.74, 6) is 0.637. The molecule has 0 amide bonds. The highest BCUT2D eigenvalue weighted by Crippen LogP contribution is 2.41. The number of benzene rings is 3. The number of dihydropyridines is 1. The number of aromatic nitrogens is 1. The lowest BCUT2D eigenvalue weighted by molar-refractivity contribution is 0.563. The van der Waals surface area contributed by atoms with Gasteiger partial charge in [0.05, 0.1) is 5.69 Å². The van der Waals surface area contributed by atoms with Gasteiger partial charge >= 0.3 is 0 Å². The van der Waals surface area contributed by atoms with Crippen molar-refractivity contribution in [2.45, 2.75) is 46.6 Å². The lowest BCUT2D eigenvalue weighted by Gasteiger charge is -2.29. The van der Waals surface area contributed by atoms with E-state index in [0.29, 0.717) is 12.0 Å². The predicted molar refractivity (Wildman–Crippen MR) is 157 cm³/mol. The van der Waals surface area contributed by atoms with E-state index in [2.05, 4.69) is 137 Å². The Morgan fingerprint density at radius 2 is 1.38 bits per heavy atom. The highest BCUT2D eigenvalue weighted by atomic mass is 14.9. The maximum Gasteiger partial charge on any atom is 0.0708 e. The number of rotatable bonds is 6. The van der Waals surface area contributed by atoms with Gasteiger partial charge in [-0.25, -0.2) is 0 Å². The Morgan fingerprint density at radius 1 is 0.757 bits per heavy atom. The van der Waals surface area contributed by atoms with Crippen molar-refractivity contribution in [3.05, 3.63) is 131 Å². The summed E-state index contributed by atoms with van der Waals surface area (Å²) in [5, 5.41) is 3.70. The smallest absolute Gasteiger partial charge is 0.0708 e. The maximum atomic E-state index is 4.98. The normalized spacial score (nSPS) is 16.1. The number of allylic oxidation sites excluding steroid dienone is 2. The molecular weight excluding hydrogens is 448 g/mol. The summed E-state index contributed by atoms with van der Waals surface area (Å²) in [7, 11) is 0. The standard InChI is InChI=1S/C35H36N2/c1-23(2)35(31-18-12-10-16-29(31)34-20-24(3)19-26(5)37-34)30-17-11-9-15-28(30)33-21-25(4)32(22-36-33)27-13-7-6-8-14-27/h6-23,26,35,37H,1-5H3/t26?,35-/m0/s1. The molecule has 1 aliphatic rings. The van der Waals surface area contributed by atoms with Gasteiger partial charge in [0.15, 0.2) is 0 Å². The Hall–Kier alpha value is -3.91. The molecular formula is C35H36N2. The van der Waals surface area contributed by atoms with Crippen molar-refractivity contribution in [1.82, 2.24) is 10.3 Å². The summed E-state index contributed by atoms with van der Waals surface area (Å²) in [4.78, 5) is 4.98. The van der Waals surface area contributed by atoms with E-state index in [1.54, 1.807) is 0 Å². The lowest BCUT2D eigenvalue weighted by Crippen LogP contribution is -2.26. The van der Waals surface area contributed by atoms with Crippen molar-refractivity contribution < 1.29 is 0 Å². The number of nitrogens with one attached hydrogen (secondary N) is 1. The van der Waals surface area contributed by atoms with Crippen LogP contribution in [-0.4, -0.2) is 11.0 Å². The third-order valence-electron chi connectivity index (χ3n) is 7.29. The molecule has 186 valence electrons. The molecule has 0 saturated heterocycles. The first-order valence-electron chi connectivity index (χ1n) is 13.3. The number of hydrogen-bond donors (Lipinski definition) is 1. The van der Waals surface area contributed by atoms with Crippen molar-refractivity contribution in [3.63, 3.8) is 0 Å². The van der Waals surface area contributed by atoms with Crippen LogP contribution in [0.1, 0.15) is 55.9 Å². The second-order valence-corrected chi connectivity index (χ2v) is 10.5. The molecule has 2 nitrogen and oxygen atoms in total. The van der Waals surface area contributed by atoms with E-state index in [1.165, 1.54) is 50.2 Å². The highest BCUT2D eigenvalue weighted by Gasteiger charge is 2.26. The molecule has 1 unspecified atom stereocenters. The van der Waals surface area contributed by atoms with Gasteiger partial charge in [-0.05, 0) is 61.1 Å². The molecule has 0 aliphatic carbocycles. The number of aryl methyl sites for hydroxylation is 1. The summed E-state index contributed by atoms with van der Waals surface area (Å²) in [6.45, 7) is 11.2. The molecule has 0 spiro atoms.